The summed E-state index contributed by atoms with van der Waals surface area (Å²) in [6.45, 7) is 3.20. The molecule has 0 atom stereocenters. The third-order valence-corrected chi connectivity index (χ3v) is 6.33. The van der Waals surface area contributed by atoms with Crippen molar-refractivity contribution in [3.63, 3.8) is 0 Å². The molecule has 0 N–H and O–H groups in total. The topological polar surface area (TPSA) is 67.2 Å². The number of carbonyl (C=O) groups excluding carboxylic acids is 1. The van der Waals surface area contributed by atoms with Crippen LogP contribution in [0.1, 0.15) is 11.1 Å². The zero-order valence-corrected chi connectivity index (χ0v) is 19.9. The van der Waals surface area contributed by atoms with Gasteiger partial charge in [0.2, 0.25) is 11.9 Å². The predicted molar refractivity (Wildman–Crippen MR) is 138 cm³/mol. The largest absolute Gasteiger partial charge is 0.337 e. The standard InChI is InChI=1S/C27H25ClN6O/c28-24-10-5-4-9-22(24)19-34-20-23(26(31-34)21-7-2-1-3-8-21)11-12-25(35)32-15-17-33(18-16-32)27-29-13-6-14-30-27/h1-14,20H,15-19H2/b12-11+. The van der Waals surface area contributed by atoms with Crippen molar-refractivity contribution >= 4 is 29.5 Å². The lowest BCUT2D eigenvalue weighted by Gasteiger charge is -2.34. The fraction of sp³-hybridized carbons (Fsp3) is 0.185. The first-order valence-electron chi connectivity index (χ1n) is 11.5. The van der Waals surface area contributed by atoms with E-state index in [4.69, 9.17) is 16.7 Å². The second-order valence-electron chi connectivity index (χ2n) is 8.28. The maximum absolute atomic E-state index is 12.9. The molecule has 2 aromatic carbocycles. The number of amides is 1. The quantitative estimate of drug-likeness (QED) is 0.379. The van der Waals surface area contributed by atoms with Crippen molar-refractivity contribution in [1.82, 2.24) is 24.6 Å². The number of aromatic nitrogens is 4. The lowest BCUT2D eigenvalue weighted by Crippen LogP contribution is -2.48. The maximum Gasteiger partial charge on any atom is 0.246 e. The van der Waals surface area contributed by atoms with E-state index in [0.717, 1.165) is 22.4 Å². The normalized spacial score (nSPS) is 14.0. The third kappa shape index (κ3) is 5.41. The minimum absolute atomic E-state index is 0.0171. The highest BCUT2D eigenvalue weighted by Crippen LogP contribution is 2.25. The SMILES string of the molecule is O=C(/C=C/c1cn(Cc2ccccc2Cl)nc1-c1ccccc1)N1CCN(c2ncccn2)CC1. The molecule has 0 spiro atoms. The molecule has 1 amide bonds. The van der Waals surface area contributed by atoms with E-state index in [2.05, 4.69) is 14.9 Å². The highest BCUT2D eigenvalue weighted by Gasteiger charge is 2.21. The van der Waals surface area contributed by atoms with Crippen molar-refractivity contribution in [2.24, 2.45) is 0 Å². The Bertz CT molecular complexity index is 1310. The summed E-state index contributed by atoms with van der Waals surface area (Å²) in [5, 5.41) is 5.52. The number of halogens is 1. The Kier molecular flexibility index (Phi) is 6.86. The average Bonchev–Trinajstić information content (AvgIpc) is 3.32. The van der Waals surface area contributed by atoms with Crippen LogP contribution in [-0.2, 0) is 11.3 Å². The van der Waals surface area contributed by atoms with Gasteiger partial charge in [0.15, 0.2) is 0 Å². The summed E-state index contributed by atoms with van der Waals surface area (Å²) >= 11 is 6.36. The lowest BCUT2D eigenvalue weighted by atomic mass is 10.1. The second-order valence-corrected chi connectivity index (χ2v) is 8.69. The minimum Gasteiger partial charge on any atom is -0.337 e. The lowest BCUT2D eigenvalue weighted by molar-refractivity contribution is -0.126. The summed E-state index contributed by atoms with van der Waals surface area (Å²) in [5.74, 6) is 0.685. The molecule has 0 bridgehead atoms. The molecule has 35 heavy (non-hydrogen) atoms. The molecule has 8 heteroatoms. The molecule has 7 nitrogen and oxygen atoms in total. The van der Waals surface area contributed by atoms with Gasteiger partial charge in [0.1, 0.15) is 0 Å². The van der Waals surface area contributed by atoms with E-state index in [0.29, 0.717) is 43.7 Å². The first-order chi connectivity index (χ1) is 17.2. The predicted octanol–water partition coefficient (Wildman–Crippen LogP) is 4.40. The summed E-state index contributed by atoms with van der Waals surface area (Å²) in [4.78, 5) is 25.5. The first-order valence-corrected chi connectivity index (χ1v) is 11.9. The molecule has 1 fully saturated rings. The average molecular weight is 485 g/mol. The smallest absolute Gasteiger partial charge is 0.246 e. The molecule has 3 heterocycles. The van der Waals surface area contributed by atoms with Crippen LogP contribution in [0.5, 0.6) is 0 Å². The van der Waals surface area contributed by atoms with Crippen LogP contribution in [-0.4, -0.2) is 56.7 Å². The molecular formula is C27H25ClN6O. The summed E-state index contributed by atoms with van der Waals surface area (Å²) in [6, 6.07) is 19.5. The fourth-order valence-corrected chi connectivity index (χ4v) is 4.30. The molecule has 1 aliphatic heterocycles. The van der Waals surface area contributed by atoms with Crippen molar-refractivity contribution in [3.8, 4) is 11.3 Å². The molecule has 1 aliphatic rings. The number of piperazine rings is 1. The molecule has 0 radical (unpaired) electrons. The number of anilines is 1. The maximum atomic E-state index is 12.9. The van der Waals surface area contributed by atoms with E-state index >= 15 is 0 Å². The molecule has 1 saturated heterocycles. The van der Waals surface area contributed by atoms with Gasteiger partial charge in [-0.15, -0.1) is 0 Å². The van der Waals surface area contributed by atoms with Crippen molar-refractivity contribution in [2.75, 3.05) is 31.1 Å². The van der Waals surface area contributed by atoms with E-state index in [1.165, 1.54) is 0 Å². The van der Waals surface area contributed by atoms with Crippen molar-refractivity contribution in [3.05, 3.63) is 101 Å². The van der Waals surface area contributed by atoms with E-state index in [-0.39, 0.29) is 5.91 Å². The number of hydrogen-bond donors (Lipinski definition) is 0. The highest BCUT2D eigenvalue weighted by molar-refractivity contribution is 6.31. The zero-order chi connectivity index (χ0) is 24.0. The Morgan fingerprint density at radius 1 is 0.914 bits per heavy atom. The van der Waals surface area contributed by atoms with E-state index in [1.54, 1.807) is 24.5 Å². The van der Waals surface area contributed by atoms with Gasteiger partial charge >= 0.3 is 0 Å². The Labute approximate surface area is 209 Å². The van der Waals surface area contributed by atoms with Gasteiger partial charge in [0.25, 0.3) is 0 Å². The molecular weight excluding hydrogens is 460 g/mol. The van der Waals surface area contributed by atoms with Crippen molar-refractivity contribution in [2.45, 2.75) is 6.54 Å². The van der Waals surface area contributed by atoms with Gasteiger partial charge in [-0.05, 0) is 23.8 Å². The summed E-state index contributed by atoms with van der Waals surface area (Å²) in [6.07, 6.45) is 8.92. The Morgan fingerprint density at radius 3 is 2.37 bits per heavy atom. The summed E-state index contributed by atoms with van der Waals surface area (Å²) in [5.41, 5.74) is 3.69. The Balaban J connectivity index is 1.32. The van der Waals surface area contributed by atoms with Gasteiger partial charge in [-0.2, -0.15) is 5.10 Å². The molecule has 4 aromatic rings. The van der Waals surface area contributed by atoms with Crippen LogP contribution >= 0.6 is 11.6 Å². The molecule has 0 unspecified atom stereocenters. The molecule has 5 rings (SSSR count). The molecule has 2 aromatic heterocycles. The van der Waals surface area contributed by atoms with Crippen molar-refractivity contribution < 1.29 is 4.79 Å². The second kappa shape index (κ2) is 10.5. The summed E-state index contributed by atoms with van der Waals surface area (Å²) in [7, 11) is 0. The number of carbonyl (C=O) groups is 1. The molecule has 0 aliphatic carbocycles. The Hall–Kier alpha value is -3.97. The van der Waals surface area contributed by atoms with Crippen LogP contribution in [0.4, 0.5) is 5.95 Å². The van der Waals surface area contributed by atoms with E-state index in [9.17, 15) is 4.79 Å². The van der Waals surface area contributed by atoms with Crippen LogP contribution in [0.3, 0.4) is 0 Å². The van der Waals surface area contributed by atoms with Gasteiger partial charge in [-0.3, -0.25) is 9.48 Å². The van der Waals surface area contributed by atoms with Crippen LogP contribution < -0.4 is 4.90 Å². The zero-order valence-electron chi connectivity index (χ0n) is 19.2. The van der Waals surface area contributed by atoms with Crippen molar-refractivity contribution in [1.29, 1.82) is 0 Å². The Morgan fingerprint density at radius 2 is 1.63 bits per heavy atom. The van der Waals surface area contributed by atoms with Crippen LogP contribution in [0.15, 0.2) is 85.3 Å². The number of hydrogen-bond acceptors (Lipinski definition) is 5. The molecule has 0 saturated carbocycles. The first kappa shape index (κ1) is 22.8. The third-order valence-electron chi connectivity index (χ3n) is 5.96. The minimum atomic E-state index is -0.0171. The van der Waals surface area contributed by atoms with Crippen LogP contribution in [0.2, 0.25) is 5.02 Å². The van der Waals surface area contributed by atoms with Gasteiger partial charge in [0.05, 0.1) is 12.2 Å². The molecule has 176 valence electrons. The van der Waals surface area contributed by atoms with Gasteiger partial charge in [-0.25, -0.2) is 9.97 Å². The van der Waals surface area contributed by atoms with Gasteiger partial charge < -0.3 is 9.80 Å². The van der Waals surface area contributed by atoms with Crippen LogP contribution in [0.25, 0.3) is 17.3 Å². The summed E-state index contributed by atoms with van der Waals surface area (Å²) < 4.78 is 1.87. The highest BCUT2D eigenvalue weighted by atomic mass is 35.5. The van der Waals surface area contributed by atoms with Gasteiger partial charge in [-0.1, -0.05) is 60.1 Å². The van der Waals surface area contributed by atoms with E-state index < -0.39 is 0 Å². The van der Waals surface area contributed by atoms with E-state index in [1.807, 2.05) is 76.5 Å². The monoisotopic (exact) mass is 484 g/mol. The number of rotatable bonds is 6. The fourth-order valence-electron chi connectivity index (χ4n) is 4.11. The number of nitrogens with zero attached hydrogens (tertiary/aromatic N) is 6. The number of benzene rings is 2. The van der Waals surface area contributed by atoms with Crippen LogP contribution in [0, 0.1) is 0 Å². The van der Waals surface area contributed by atoms with Gasteiger partial charge in [0, 0.05) is 67.0 Å².